The molecule has 1 aliphatic carbocycles. The zero-order valence-electron chi connectivity index (χ0n) is 20.1. The number of likely N-dealkylation sites (tertiary alicyclic amines) is 1. The molecule has 6 heteroatoms. The summed E-state index contributed by atoms with van der Waals surface area (Å²) in [5, 5.41) is 0. The molecular formula is C26H38N6. The van der Waals surface area contributed by atoms with Gasteiger partial charge >= 0.3 is 0 Å². The van der Waals surface area contributed by atoms with Crippen LogP contribution in [0.2, 0.25) is 0 Å². The van der Waals surface area contributed by atoms with Crippen LogP contribution in [0.25, 0.3) is 11.4 Å². The molecular weight excluding hydrogens is 396 g/mol. The van der Waals surface area contributed by atoms with Crippen LogP contribution in [0.15, 0.2) is 24.5 Å². The van der Waals surface area contributed by atoms with Crippen LogP contribution in [0.3, 0.4) is 0 Å². The fourth-order valence-electron chi connectivity index (χ4n) is 5.88. The molecule has 0 bridgehead atoms. The SMILES string of the molecule is CC1(C)CCC(C)(C)c2cc(-c3ncnc(N4CCC(N5CCC(N)C5)CC4)n3)ccc21. The third kappa shape index (κ3) is 4.03. The number of anilines is 1. The predicted octanol–water partition coefficient (Wildman–Crippen LogP) is 3.89. The summed E-state index contributed by atoms with van der Waals surface area (Å²) in [5.41, 5.74) is 10.5. The van der Waals surface area contributed by atoms with Crippen molar-refractivity contribution in [1.29, 1.82) is 0 Å². The topological polar surface area (TPSA) is 71.2 Å². The second-order valence-corrected chi connectivity index (χ2v) is 11.4. The number of fused-ring (bicyclic) bond motifs is 1. The van der Waals surface area contributed by atoms with E-state index < -0.39 is 0 Å². The molecule has 2 aliphatic heterocycles. The Morgan fingerprint density at radius 1 is 0.906 bits per heavy atom. The van der Waals surface area contributed by atoms with Crippen molar-refractivity contribution in [2.24, 2.45) is 5.73 Å². The zero-order valence-corrected chi connectivity index (χ0v) is 20.1. The number of piperidine rings is 1. The van der Waals surface area contributed by atoms with E-state index in [2.05, 4.69) is 65.7 Å². The zero-order chi connectivity index (χ0) is 22.5. The minimum absolute atomic E-state index is 0.177. The molecule has 1 aromatic carbocycles. The lowest BCUT2D eigenvalue weighted by atomic mass is 9.63. The van der Waals surface area contributed by atoms with Gasteiger partial charge in [0.1, 0.15) is 6.33 Å². The van der Waals surface area contributed by atoms with Gasteiger partial charge in [-0.25, -0.2) is 9.97 Å². The van der Waals surface area contributed by atoms with Crippen molar-refractivity contribution in [2.45, 2.75) is 82.7 Å². The van der Waals surface area contributed by atoms with Gasteiger partial charge in [0, 0.05) is 43.8 Å². The molecule has 172 valence electrons. The van der Waals surface area contributed by atoms with Crippen molar-refractivity contribution in [2.75, 3.05) is 31.1 Å². The van der Waals surface area contributed by atoms with Crippen LogP contribution in [-0.4, -0.2) is 58.1 Å². The highest BCUT2D eigenvalue weighted by atomic mass is 15.3. The summed E-state index contributed by atoms with van der Waals surface area (Å²) in [4.78, 5) is 18.9. The van der Waals surface area contributed by atoms with E-state index >= 15 is 0 Å². The number of hydrogen-bond donors (Lipinski definition) is 1. The lowest BCUT2D eigenvalue weighted by Crippen LogP contribution is -2.45. The summed E-state index contributed by atoms with van der Waals surface area (Å²) in [5.74, 6) is 1.59. The summed E-state index contributed by atoms with van der Waals surface area (Å²) >= 11 is 0. The molecule has 2 N–H and O–H groups in total. The van der Waals surface area contributed by atoms with Crippen LogP contribution < -0.4 is 10.6 Å². The van der Waals surface area contributed by atoms with Gasteiger partial charge in [-0.1, -0.05) is 39.8 Å². The molecule has 6 nitrogen and oxygen atoms in total. The highest BCUT2D eigenvalue weighted by molar-refractivity contribution is 5.61. The van der Waals surface area contributed by atoms with Gasteiger partial charge in [-0.3, -0.25) is 4.90 Å². The Labute approximate surface area is 192 Å². The molecule has 1 unspecified atom stereocenters. The number of aromatic nitrogens is 3. The molecule has 1 aromatic heterocycles. The van der Waals surface area contributed by atoms with Crippen LogP contribution in [0, 0.1) is 0 Å². The third-order valence-electron chi connectivity index (χ3n) is 8.19. The van der Waals surface area contributed by atoms with E-state index in [-0.39, 0.29) is 10.8 Å². The fraction of sp³-hybridized carbons (Fsp3) is 0.654. The number of rotatable bonds is 3. The van der Waals surface area contributed by atoms with E-state index in [0.717, 1.165) is 62.8 Å². The van der Waals surface area contributed by atoms with Crippen molar-refractivity contribution in [3.05, 3.63) is 35.7 Å². The second-order valence-electron chi connectivity index (χ2n) is 11.4. The minimum Gasteiger partial charge on any atom is -0.341 e. The Kier molecular flexibility index (Phi) is 5.49. The summed E-state index contributed by atoms with van der Waals surface area (Å²) in [6.45, 7) is 13.6. The Balaban J connectivity index is 1.35. The van der Waals surface area contributed by atoms with Crippen molar-refractivity contribution < 1.29 is 0 Å². The van der Waals surface area contributed by atoms with Gasteiger partial charge in [0.25, 0.3) is 0 Å². The number of benzene rings is 1. The molecule has 2 saturated heterocycles. The molecule has 2 aromatic rings. The molecule has 0 saturated carbocycles. The van der Waals surface area contributed by atoms with Crippen LogP contribution in [0.4, 0.5) is 5.95 Å². The maximum atomic E-state index is 6.12. The van der Waals surface area contributed by atoms with Gasteiger partial charge in [-0.2, -0.15) is 4.98 Å². The maximum absolute atomic E-state index is 6.12. The van der Waals surface area contributed by atoms with E-state index in [1.165, 1.54) is 24.0 Å². The van der Waals surface area contributed by atoms with E-state index in [1.54, 1.807) is 6.33 Å². The summed E-state index contributed by atoms with van der Waals surface area (Å²) < 4.78 is 0. The smallest absolute Gasteiger partial charge is 0.228 e. The lowest BCUT2D eigenvalue weighted by molar-refractivity contribution is 0.205. The molecule has 32 heavy (non-hydrogen) atoms. The molecule has 0 amide bonds. The molecule has 2 fully saturated rings. The summed E-state index contributed by atoms with van der Waals surface area (Å²) in [7, 11) is 0. The first-order chi connectivity index (χ1) is 15.2. The first kappa shape index (κ1) is 21.8. The summed E-state index contributed by atoms with van der Waals surface area (Å²) in [6, 6.07) is 7.84. The van der Waals surface area contributed by atoms with Crippen LogP contribution in [-0.2, 0) is 10.8 Å². The van der Waals surface area contributed by atoms with E-state index in [4.69, 9.17) is 10.7 Å². The highest BCUT2D eigenvalue weighted by Crippen LogP contribution is 2.46. The highest BCUT2D eigenvalue weighted by Gasteiger charge is 2.37. The molecule has 0 radical (unpaired) electrons. The Bertz CT molecular complexity index is 976. The molecule has 0 spiro atoms. The monoisotopic (exact) mass is 434 g/mol. The van der Waals surface area contributed by atoms with Crippen LogP contribution >= 0.6 is 0 Å². The molecule has 3 heterocycles. The van der Waals surface area contributed by atoms with Gasteiger partial charge in [0.15, 0.2) is 5.82 Å². The largest absolute Gasteiger partial charge is 0.341 e. The van der Waals surface area contributed by atoms with Crippen molar-refractivity contribution in [3.8, 4) is 11.4 Å². The number of nitrogens with two attached hydrogens (primary N) is 1. The second kappa shape index (κ2) is 8.07. The Morgan fingerprint density at radius 3 is 2.31 bits per heavy atom. The number of nitrogens with zero attached hydrogens (tertiary/aromatic N) is 5. The van der Waals surface area contributed by atoms with E-state index in [9.17, 15) is 0 Å². The quantitative estimate of drug-likeness (QED) is 0.790. The third-order valence-corrected chi connectivity index (χ3v) is 8.19. The summed E-state index contributed by atoms with van der Waals surface area (Å²) in [6.07, 6.45) is 7.53. The fourth-order valence-corrected chi connectivity index (χ4v) is 5.88. The van der Waals surface area contributed by atoms with Crippen LogP contribution in [0.5, 0.6) is 0 Å². The maximum Gasteiger partial charge on any atom is 0.228 e. The normalized spacial score (nSPS) is 25.7. The van der Waals surface area contributed by atoms with Gasteiger partial charge in [0.2, 0.25) is 5.95 Å². The first-order valence-corrected chi connectivity index (χ1v) is 12.3. The average Bonchev–Trinajstić information content (AvgIpc) is 3.23. The number of hydrogen-bond acceptors (Lipinski definition) is 6. The standard InChI is InChI=1S/C26H38N6/c1-25(2)10-11-26(3,4)22-15-18(5-6-21(22)25)23-28-17-29-24(30-23)31-13-8-20(9-14-31)32-12-7-19(27)16-32/h5-6,15,17,19-20H,7-14,16,27H2,1-4H3. The molecule has 5 rings (SSSR count). The van der Waals surface area contributed by atoms with Crippen molar-refractivity contribution in [3.63, 3.8) is 0 Å². The average molecular weight is 435 g/mol. The van der Waals surface area contributed by atoms with E-state index in [1.807, 2.05) is 0 Å². The van der Waals surface area contributed by atoms with Crippen molar-refractivity contribution >= 4 is 5.95 Å². The van der Waals surface area contributed by atoms with E-state index in [0.29, 0.717) is 12.1 Å². The predicted molar refractivity (Wildman–Crippen MR) is 130 cm³/mol. The Morgan fingerprint density at radius 2 is 1.62 bits per heavy atom. The lowest BCUT2D eigenvalue weighted by Gasteiger charge is -2.42. The minimum atomic E-state index is 0.177. The van der Waals surface area contributed by atoms with Gasteiger partial charge in [-0.05, 0) is 60.1 Å². The van der Waals surface area contributed by atoms with Gasteiger partial charge < -0.3 is 10.6 Å². The molecule has 1 atom stereocenters. The van der Waals surface area contributed by atoms with Crippen LogP contribution in [0.1, 0.15) is 70.9 Å². The van der Waals surface area contributed by atoms with Crippen molar-refractivity contribution in [1.82, 2.24) is 19.9 Å². The van der Waals surface area contributed by atoms with Gasteiger partial charge in [-0.15, -0.1) is 0 Å². The first-order valence-electron chi connectivity index (χ1n) is 12.3. The molecule has 3 aliphatic rings. The van der Waals surface area contributed by atoms with Gasteiger partial charge in [0.05, 0.1) is 0 Å². The Hall–Kier alpha value is -2.05.